The SMILES string of the molecule is C=C(Cl)CCc1cccc(OC)c1. The van der Waals surface area contributed by atoms with Crippen LogP contribution in [0.3, 0.4) is 0 Å². The normalized spacial score (nSPS) is 9.69. The third-order valence-electron chi connectivity index (χ3n) is 1.82. The Morgan fingerprint density at radius 1 is 1.54 bits per heavy atom. The van der Waals surface area contributed by atoms with Gasteiger partial charge in [0.1, 0.15) is 5.75 Å². The van der Waals surface area contributed by atoms with E-state index in [2.05, 4.69) is 12.6 Å². The van der Waals surface area contributed by atoms with E-state index < -0.39 is 0 Å². The molecule has 0 bridgehead atoms. The fourth-order valence-electron chi connectivity index (χ4n) is 1.11. The van der Waals surface area contributed by atoms with Crippen molar-refractivity contribution in [3.05, 3.63) is 41.4 Å². The molecule has 0 fully saturated rings. The Labute approximate surface area is 84.0 Å². The van der Waals surface area contributed by atoms with Crippen molar-refractivity contribution in [3.8, 4) is 5.75 Å². The molecule has 0 amide bonds. The van der Waals surface area contributed by atoms with Gasteiger partial charge in [-0.15, -0.1) is 0 Å². The summed E-state index contributed by atoms with van der Waals surface area (Å²) in [6, 6.07) is 7.98. The van der Waals surface area contributed by atoms with Crippen molar-refractivity contribution in [2.45, 2.75) is 12.8 Å². The van der Waals surface area contributed by atoms with Crippen LogP contribution in [0.4, 0.5) is 0 Å². The van der Waals surface area contributed by atoms with Gasteiger partial charge in [-0.05, 0) is 30.5 Å². The first-order valence-corrected chi connectivity index (χ1v) is 4.56. The number of allylic oxidation sites excluding steroid dienone is 1. The van der Waals surface area contributed by atoms with Crippen molar-refractivity contribution in [1.82, 2.24) is 0 Å². The smallest absolute Gasteiger partial charge is 0.119 e. The van der Waals surface area contributed by atoms with Gasteiger partial charge in [0.15, 0.2) is 0 Å². The van der Waals surface area contributed by atoms with Crippen LogP contribution >= 0.6 is 11.6 Å². The van der Waals surface area contributed by atoms with Gasteiger partial charge in [0.2, 0.25) is 0 Å². The van der Waals surface area contributed by atoms with E-state index in [0.717, 1.165) is 18.6 Å². The van der Waals surface area contributed by atoms with Crippen molar-refractivity contribution < 1.29 is 4.74 Å². The van der Waals surface area contributed by atoms with Crippen molar-refractivity contribution >= 4 is 11.6 Å². The number of methoxy groups -OCH3 is 1. The van der Waals surface area contributed by atoms with Gasteiger partial charge in [0, 0.05) is 5.03 Å². The second-order valence-corrected chi connectivity index (χ2v) is 3.40. The number of benzene rings is 1. The van der Waals surface area contributed by atoms with Crippen LogP contribution in [0.1, 0.15) is 12.0 Å². The van der Waals surface area contributed by atoms with Gasteiger partial charge in [-0.2, -0.15) is 0 Å². The van der Waals surface area contributed by atoms with E-state index >= 15 is 0 Å². The van der Waals surface area contributed by atoms with E-state index in [4.69, 9.17) is 16.3 Å². The Morgan fingerprint density at radius 3 is 2.92 bits per heavy atom. The molecule has 1 aromatic carbocycles. The summed E-state index contributed by atoms with van der Waals surface area (Å²) in [5, 5.41) is 0.697. The summed E-state index contributed by atoms with van der Waals surface area (Å²) in [7, 11) is 1.67. The van der Waals surface area contributed by atoms with E-state index in [1.807, 2.05) is 18.2 Å². The maximum atomic E-state index is 5.68. The third kappa shape index (κ3) is 3.51. The fourth-order valence-corrected chi connectivity index (χ4v) is 1.20. The lowest BCUT2D eigenvalue weighted by Crippen LogP contribution is -1.87. The van der Waals surface area contributed by atoms with Crippen molar-refractivity contribution in [3.63, 3.8) is 0 Å². The summed E-state index contributed by atoms with van der Waals surface area (Å²) >= 11 is 5.68. The lowest BCUT2D eigenvalue weighted by atomic mass is 10.1. The molecule has 0 atom stereocenters. The van der Waals surface area contributed by atoms with E-state index in [1.54, 1.807) is 7.11 Å². The van der Waals surface area contributed by atoms with Crippen molar-refractivity contribution in [2.24, 2.45) is 0 Å². The van der Waals surface area contributed by atoms with Crippen LogP contribution in [-0.2, 0) is 6.42 Å². The Bertz CT molecular complexity index is 294. The Balaban J connectivity index is 2.61. The molecule has 0 radical (unpaired) electrons. The molecule has 0 saturated heterocycles. The molecule has 0 N–H and O–H groups in total. The first kappa shape index (κ1) is 10.1. The van der Waals surface area contributed by atoms with Crippen LogP contribution in [0.5, 0.6) is 5.75 Å². The first-order chi connectivity index (χ1) is 6.22. The van der Waals surface area contributed by atoms with Gasteiger partial charge in [-0.3, -0.25) is 0 Å². The zero-order valence-electron chi connectivity index (χ0n) is 7.72. The van der Waals surface area contributed by atoms with Gasteiger partial charge in [0.25, 0.3) is 0 Å². The Kier molecular flexibility index (Phi) is 3.84. The predicted molar refractivity (Wildman–Crippen MR) is 56.3 cm³/mol. The van der Waals surface area contributed by atoms with E-state index in [9.17, 15) is 0 Å². The summed E-state index contributed by atoms with van der Waals surface area (Å²) in [5.41, 5.74) is 1.22. The molecule has 0 aromatic heterocycles. The molecule has 0 aliphatic heterocycles. The Hall–Kier alpha value is -0.950. The van der Waals surface area contributed by atoms with Gasteiger partial charge in [-0.25, -0.2) is 0 Å². The number of halogens is 1. The lowest BCUT2D eigenvalue weighted by molar-refractivity contribution is 0.414. The zero-order chi connectivity index (χ0) is 9.68. The van der Waals surface area contributed by atoms with E-state index in [0.29, 0.717) is 5.03 Å². The van der Waals surface area contributed by atoms with E-state index in [1.165, 1.54) is 5.56 Å². The summed E-state index contributed by atoms with van der Waals surface area (Å²) in [6.07, 6.45) is 1.73. The molecule has 70 valence electrons. The molecule has 0 saturated carbocycles. The van der Waals surface area contributed by atoms with Gasteiger partial charge >= 0.3 is 0 Å². The molecule has 0 aliphatic carbocycles. The third-order valence-corrected chi connectivity index (χ3v) is 2.01. The number of ether oxygens (including phenoxy) is 1. The molecule has 2 heteroatoms. The summed E-state index contributed by atoms with van der Waals surface area (Å²) in [6.45, 7) is 3.65. The minimum absolute atomic E-state index is 0.697. The molecule has 1 rings (SSSR count). The number of rotatable bonds is 4. The summed E-state index contributed by atoms with van der Waals surface area (Å²) in [5.74, 6) is 0.887. The lowest BCUT2D eigenvalue weighted by Gasteiger charge is -2.03. The highest BCUT2D eigenvalue weighted by molar-refractivity contribution is 6.29. The molecular formula is C11H13ClO. The molecule has 0 heterocycles. The fraction of sp³-hybridized carbons (Fsp3) is 0.273. The highest BCUT2D eigenvalue weighted by Gasteiger charge is 1.96. The standard InChI is InChI=1S/C11H13ClO/c1-9(12)6-7-10-4-3-5-11(8-10)13-2/h3-5,8H,1,6-7H2,2H3. The topological polar surface area (TPSA) is 9.23 Å². The van der Waals surface area contributed by atoms with Crippen LogP contribution in [0, 0.1) is 0 Å². The average molecular weight is 197 g/mol. The average Bonchev–Trinajstić information content (AvgIpc) is 2.15. The van der Waals surface area contributed by atoms with Gasteiger partial charge < -0.3 is 4.74 Å². The highest BCUT2D eigenvalue weighted by Crippen LogP contribution is 2.16. The van der Waals surface area contributed by atoms with Crippen LogP contribution in [0.2, 0.25) is 0 Å². The van der Waals surface area contributed by atoms with Gasteiger partial charge in [0.05, 0.1) is 7.11 Å². The molecular weight excluding hydrogens is 184 g/mol. The predicted octanol–water partition coefficient (Wildman–Crippen LogP) is 3.38. The van der Waals surface area contributed by atoms with E-state index in [-0.39, 0.29) is 0 Å². The minimum Gasteiger partial charge on any atom is -0.497 e. The maximum absolute atomic E-state index is 5.68. The van der Waals surface area contributed by atoms with Crippen molar-refractivity contribution in [2.75, 3.05) is 7.11 Å². The molecule has 0 aliphatic rings. The quantitative estimate of drug-likeness (QED) is 0.718. The molecule has 13 heavy (non-hydrogen) atoms. The molecule has 1 nitrogen and oxygen atoms in total. The summed E-state index contributed by atoms with van der Waals surface area (Å²) < 4.78 is 5.11. The van der Waals surface area contributed by atoms with Crippen LogP contribution in [-0.4, -0.2) is 7.11 Å². The largest absolute Gasteiger partial charge is 0.497 e. The second-order valence-electron chi connectivity index (χ2n) is 2.87. The number of hydrogen-bond acceptors (Lipinski definition) is 1. The number of hydrogen-bond donors (Lipinski definition) is 0. The van der Waals surface area contributed by atoms with Crippen molar-refractivity contribution in [1.29, 1.82) is 0 Å². The Morgan fingerprint density at radius 2 is 2.31 bits per heavy atom. The monoisotopic (exact) mass is 196 g/mol. The van der Waals surface area contributed by atoms with Crippen LogP contribution in [0.15, 0.2) is 35.9 Å². The highest BCUT2D eigenvalue weighted by atomic mass is 35.5. The summed E-state index contributed by atoms with van der Waals surface area (Å²) in [4.78, 5) is 0. The van der Waals surface area contributed by atoms with Gasteiger partial charge in [-0.1, -0.05) is 30.3 Å². The first-order valence-electron chi connectivity index (χ1n) is 4.18. The zero-order valence-corrected chi connectivity index (χ0v) is 8.47. The maximum Gasteiger partial charge on any atom is 0.119 e. The van der Waals surface area contributed by atoms with Crippen LogP contribution < -0.4 is 4.74 Å². The van der Waals surface area contributed by atoms with Crippen LogP contribution in [0.25, 0.3) is 0 Å². The second kappa shape index (κ2) is 4.93. The number of aryl methyl sites for hydroxylation is 1. The minimum atomic E-state index is 0.697. The molecule has 0 spiro atoms. The molecule has 1 aromatic rings. The molecule has 0 unspecified atom stereocenters.